The minimum absolute atomic E-state index is 0.148. The molecule has 0 bridgehead atoms. The first-order valence-corrected chi connectivity index (χ1v) is 5.97. The monoisotopic (exact) mass is 240 g/mol. The Morgan fingerprint density at radius 1 is 1.17 bits per heavy atom. The van der Waals surface area contributed by atoms with E-state index < -0.39 is 0 Å². The van der Waals surface area contributed by atoms with Gasteiger partial charge in [-0.1, -0.05) is 25.5 Å². The molecule has 1 aromatic rings. The predicted molar refractivity (Wildman–Crippen MR) is 70.7 cm³/mol. The van der Waals surface area contributed by atoms with Crippen LogP contribution in [0, 0.1) is 22.7 Å². The molecular weight excluding hydrogens is 224 g/mol. The molecule has 18 heavy (non-hydrogen) atoms. The number of hydrogen-bond donors (Lipinski definition) is 0. The van der Waals surface area contributed by atoms with Crippen molar-refractivity contribution in [2.75, 3.05) is 6.61 Å². The Balaban J connectivity index is 2.81. The molecule has 0 aliphatic carbocycles. The summed E-state index contributed by atoms with van der Waals surface area (Å²) in [6, 6.07) is 11.2. The number of unbranched alkanes of at least 4 members (excludes halogenated alkanes) is 1. The lowest BCUT2D eigenvalue weighted by molar-refractivity contribution is 0.309. The standard InChI is InChI=1S/C15H16N2O/c1-3-4-9-18-15-7-5-13(6-8-15)12(2)14(10-16)11-17/h5-8H,3-4,9H2,1-2H3. The van der Waals surface area contributed by atoms with Crippen molar-refractivity contribution in [3.05, 3.63) is 35.4 Å². The van der Waals surface area contributed by atoms with E-state index in [1.54, 1.807) is 6.92 Å². The van der Waals surface area contributed by atoms with Crippen molar-refractivity contribution < 1.29 is 4.74 Å². The number of hydrogen-bond acceptors (Lipinski definition) is 3. The first-order valence-electron chi connectivity index (χ1n) is 5.97. The van der Waals surface area contributed by atoms with Gasteiger partial charge in [0.25, 0.3) is 0 Å². The van der Waals surface area contributed by atoms with Gasteiger partial charge < -0.3 is 4.74 Å². The molecule has 0 saturated heterocycles. The molecule has 3 nitrogen and oxygen atoms in total. The van der Waals surface area contributed by atoms with Crippen LogP contribution in [0.1, 0.15) is 32.3 Å². The Bertz CT molecular complexity index is 485. The lowest BCUT2D eigenvalue weighted by Crippen LogP contribution is -1.96. The number of nitrogens with zero attached hydrogens (tertiary/aromatic N) is 2. The lowest BCUT2D eigenvalue weighted by atomic mass is 10.0. The molecule has 0 aliphatic heterocycles. The van der Waals surface area contributed by atoms with Crippen LogP contribution in [-0.4, -0.2) is 6.61 Å². The van der Waals surface area contributed by atoms with E-state index >= 15 is 0 Å². The van der Waals surface area contributed by atoms with Crippen molar-refractivity contribution in [2.24, 2.45) is 0 Å². The summed E-state index contributed by atoms with van der Waals surface area (Å²) in [6.07, 6.45) is 2.14. The summed E-state index contributed by atoms with van der Waals surface area (Å²) in [5.41, 5.74) is 1.71. The van der Waals surface area contributed by atoms with Gasteiger partial charge in [0.2, 0.25) is 0 Å². The highest BCUT2D eigenvalue weighted by Crippen LogP contribution is 2.21. The minimum Gasteiger partial charge on any atom is -0.494 e. The van der Waals surface area contributed by atoms with Crippen LogP contribution in [0.4, 0.5) is 0 Å². The molecule has 0 aromatic heterocycles. The number of allylic oxidation sites excluding steroid dienone is 2. The summed E-state index contributed by atoms with van der Waals surface area (Å²) in [6.45, 7) is 4.60. The second-order valence-corrected chi connectivity index (χ2v) is 3.95. The Labute approximate surface area is 108 Å². The molecule has 0 radical (unpaired) electrons. The van der Waals surface area contributed by atoms with Crippen molar-refractivity contribution in [1.82, 2.24) is 0 Å². The van der Waals surface area contributed by atoms with Crippen LogP contribution in [0.3, 0.4) is 0 Å². The van der Waals surface area contributed by atoms with Crippen molar-refractivity contribution >= 4 is 5.57 Å². The van der Waals surface area contributed by atoms with E-state index in [1.165, 1.54) is 0 Å². The maximum atomic E-state index is 8.80. The normalized spacial score (nSPS) is 9.11. The number of rotatable bonds is 5. The van der Waals surface area contributed by atoms with Gasteiger partial charge in [0.15, 0.2) is 0 Å². The fourth-order valence-corrected chi connectivity index (χ4v) is 1.47. The molecule has 0 N–H and O–H groups in total. The zero-order valence-corrected chi connectivity index (χ0v) is 10.7. The first-order chi connectivity index (χ1) is 8.72. The van der Waals surface area contributed by atoms with Crippen molar-refractivity contribution in [3.63, 3.8) is 0 Å². The van der Waals surface area contributed by atoms with Gasteiger partial charge in [-0.2, -0.15) is 10.5 Å². The topological polar surface area (TPSA) is 56.8 Å². The molecule has 0 saturated carbocycles. The summed E-state index contributed by atoms with van der Waals surface area (Å²) in [4.78, 5) is 0. The smallest absolute Gasteiger partial charge is 0.133 e. The maximum Gasteiger partial charge on any atom is 0.133 e. The van der Waals surface area contributed by atoms with Crippen LogP contribution >= 0.6 is 0 Å². The van der Waals surface area contributed by atoms with Crippen molar-refractivity contribution in [1.29, 1.82) is 10.5 Å². The van der Waals surface area contributed by atoms with Gasteiger partial charge in [-0.25, -0.2) is 0 Å². The van der Waals surface area contributed by atoms with Crippen LogP contribution in [0.2, 0.25) is 0 Å². The average molecular weight is 240 g/mol. The van der Waals surface area contributed by atoms with Crippen LogP contribution < -0.4 is 4.74 Å². The molecule has 0 fully saturated rings. The van der Waals surface area contributed by atoms with Crippen LogP contribution in [0.25, 0.3) is 5.57 Å². The molecule has 92 valence electrons. The van der Waals surface area contributed by atoms with E-state index in [2.05, 4.69) is 6.92 Å². The fourth-order valence-electron chi connectivity index (χ4n) is 1.47. The van der Waals surface area contributed by atoms with Crippen molar-refractivity contribution in [2.45, 2.75) is 26.7 Å². The number of ether oxygens (including phenoxy) is 1. The van der Waals surface area contributed by atoms with E-state index in [0.29, 0.717) is 12.2 Å². The van der Waals surface area contributed by atoms with Gasteiger partial charge in [-0.15, -0.1) is 0 Å². The highest BCUT2D eigenvalue weighted by atomic mass is 16.5. The zero-order chi connectivity index (χ0) is 13.4. The third-order valence-corrected chi connectivity index (χ3v) is 2.65. The fraction of sp³-hybridized carbons (Fsp3) is 0.333. The largest absolute Gasteiger partial charge is 0.494 e. The summed E-state index contributed by atoms with van der Waals surface area (Å²) < 4.78 is 5.55. The third kappa shape index (κ3) is 3.64. The number of nitriles is 2. The quantitative estimate of drug-likeness (QED) is 0.582. The van der Waals surface area contributed by atoms with Gasteiger partial charge in [0.05, 0.1) is 6.61 Å². The summed E-state index contributed by atoms with van der Waals surface area (Å²) in [5.74, 6) is 0.815. The molecule has 0 aliphatic rings. The van der Waals surface area contributed by atoms with Crippen LogP contribution in [-0.2, 0) is 0 Å². The van der Waals surface area contributed by atoms with Gasteiger partial charge in [0.1, 0.15) is 23.5 Å². The first kappa shape index (κ1) is 13.8. The van der Waals surface area contributed by atoms with Gasteiger partial charge in [0, 0.05) is 0 Å². The third-order valence-electron chi connectivity index (χ3n) is 2.65. The molecule has 0 spiro atoms. The average Bonchev–Trinajstić information content (AvgIpc) is 2.41. The van der Waals surface area contributed by atoms with Gasteiger partial charge >= 0.3 is 0 Å². The Hall–Kier alpha value is -2.26. The van der Waals surface area contributed by atoms with Crippen molar-refractivity contribution in [3.8, 4) is 17.9 Å². The van der Waals surface area contributed by atoms with E-state index in [9.17, 15) is 0 Å². The molecule has 0 amide bonds. The van der Waals surface area contributed by atoms with E-state index in [4.69, 9.17) is 15.3 Å². The Morgan fingerprint density at radius 3 is 2.28 bits per heavy atom. The molecule has 1 aromatic carbocycles. The Morgan fingerprint density at radius 2 is 1.78 bits per heavy atom. The van der Waals surface area contributed by atoms with Crippen LogP contribution in [0.5, 0.6) is 5.75 Å². The molecule has 0 atom stereocenters. The second-order valence-electron chi connectivity index (χ2n) is 3.95. The minimum atomic E-state index is 0.148. The second kappa shape index (κ2) is 7.14. The zero-order valence-electron chi connectivity index (χ0n) is 10.7. The number of benzene rings is 1. The summed E-state index contributed by atoms with van der Waals surface area (Å²) in [7, 11) is 0. The molecular formula is C15H16N2O. The predicted octanol–water partition coefficient (Wildman–Crippen LogP) is 3.69. The van der Waals surface area contributed by atoms with Crippen LogP contribution in [0.15, 0.2) is 29.8 Å². The highest BCUT2D eigenvalue weighted by molar-refractivity contribution is 5.73. The molecule has 0 unspecified atom stereocenters. The SMILES string of the molecule is CCCCOc1ccc(C(C)=C(C#N)C#N)cc1. The van der Waals surface area contributed by atoms with Gasteiger partial charge in [-0.3, -0.25) is 0 Å². The molecule has 1 rings (SSSR count). The van der Waals surface area contributed by atoms with E-state index in [1.807, 2.05) is 36.4 Å². The van der Waals surface area contributed by atoms with E-state index in [-0.39, 0.29) is 5.57 Å². The summed E-state index contributed by atoms with van der Waals surface area (Å²) >= 11 is 0. The maximum absolute atomic E-state index is 8.80. The van der Waals surface area contributed by atoms with E-state index in [0.717, 1.165) is 24.2 Å². The Kier molecular flexibility index (Phi) is 5.48. The molecule has 3 heteroatoms. The molecule has 0 heterocycles. The lowest BCUT2D eigenvalue weighted by Gasteiger charge is -2.06. The summed E-state index contributed by atoms with van der Waals surface area (Å²) in [5, 5.41) is 17.6. The van der Waals surface area contributed by atoms with Gasteiger partial charge in [-0.05, 0) is 36.6 Å². The highest BCUT2D eigenvalue weighted by Gasteiger charge is 2.04.